The standard InChI is InChI=1S/C20H28F2N2O3/c1-14(2)24-11-9-16(10-12-24)23(3)19(25)8-6-15-5-7-17(27-20(21)22)18(13-15)26-4/h5-8,13-14,16,20H,9-12H2,1-4H3/b8-6+. The lowest BCUT2D eigenvalue weighted by Crippen LogP contribution is -2.47. The Morgan fingerprint density at radius 1 is 1.26 bits per heavy atom. The SMILES string of the molecule is COc1cc(/C=C/C(=O)N(C)C2CCN(C(C)C)CC2)ccc1OC(F)F. The number of nitrogens with zero attached hydrogens (tertiary/aromatic N) is 2. The summed E-state index contributed by atoms with van der Waals surface area (Å²) < 4.78 is 34.2. The first-order valence-electron chi connectivity index (χ1n) is 9.13. The van der Waals surface area contributed by atoms with E-state index in [-0.39, 0.29) is 23.4 Å². The smallest absolute Gasteiger partial charge is 0.387 e. The number of benzene rings is 1. The molecule has 0 spiro atoms. The minimum absolute atomic E-state index is 0.0370. The van der Waals surface area contributed by atoms with Crippen LogP contribution in [0, 0.1) is 0 Å². The lowest BCUT2D eigenvalue weighted by atomic mass is 10.0. The largest absolute Gasteiger partial charge is 0.493 e. The van der Waals surface area contributed by atoms with E-state index in [1.807, 2.05) is 7.05 Å². The Morgan fingerprint density at radius 3 is 2.48 bits per heavy atom. The molecule has 1 aliphatic rings. The molecule has 1 heterocycles. The van der Waals surface area contributed by atoms with Gasteiger partial charge in [-0.25, -0.2) is 0 Å². The second kappa shape index (κ2) is 9.69. The number of amides is 1. The summed E-state index contributed by atoms with van der Waals surface area (Å²) in [4.78, 5) is 16.7. The molecule has 1 aromatic rings. The number of carbonyl (C=O) groups is 1. The van der Waals surface area contributed by atoms with Crippen molar-refractivity contribution in [2.24, 2.45) is 0 Å². The van der Waals surface area contributed by atoms with Crippen molar-refractivity contribution in [3.05, 3.63) is 29.8 Å². The molecule has 1 aromatic carbocycles. The van der Waals surface area contributed by atoms with Gasteiger partial charge in [0.1, 0.15) is 0 Å². The maximum atomic E-state index is 12.5. The third-order valence-electron chi connectivity index (χ3n) is 4.95. The molecule has 0 bridgehead atoms. The molecule has 0 aromatic heterocycles. The van der Waals surface area contributed by atoms with E-state index in [9.17, 15) is 13.6 Å². The maximum absolute atomic E-state index is 12.5. The van der Waals surface area contributed by atoms with E-state index in [2.05, 4.69) is 23.5 Å². The van der Waals surface area contributed by atoms with Gasteiger partial charge in [-0.05, 0) is 50.5 Å². The summed E-state index contributed by atoms with van der Waals surface area (Å²) in [6.07, 6.45) is 5.07. The predicted molar refractivity (Wildman–Crippen MR) is 101 cm³/mol. The van der Waals surface area contributed by atoms with Crippen molar-refractivity contribution in [3.8, 4) is 11.5 Å². The van der Waals surface area contributed by atoms with Crippen molar-refractivity contribution < 1.29 is 23.0 Å². The molecule has 1 fully saturated rings. The van der Waals surface area contributed by atoms with E-state index >= 15 is 0 Å². The van der Waals surface area contributed by atoms with E-state index in [0.717, 1.165) is 25.9 Å². The lowest BCUT2D eigenvalue weighted by molar-refractivity contribution is -0.127. The molecular formula is C20H28F2N2O3. The summed E-state index contributed by atoms with van der Waals surface area (Å²) in [6, 6.07) is 5.32. The van der Waals surface area contributed by atoms with Crippen molar-refractivity contribution in [2.45, 2.75) is 45.4 Å². The van der Waals surface area contributed by atoms with Gasteiger partial charge in [0.2, 0.25) is 5.91 Å². The minimum atomic E-state index is -2.92. The van der Waals surface area contributed by atoms with Gasteiger partial charge in [0.15, 0.2) is 11.5 Å². The zero-order valence-corrected chi connectivity index (χ0v) is 16.3. The van der Waals surface area contributed by atoms with Crippen LogP contribution in [0.3, 0.4) is 0 Å². The van der Waals surface area contributed by atoms with Gasteiger partial charge in [-0.2, -0.15) is 8.78 Å². The van der Waals surface area contributed by atoms with Crippen molar-refractivity contribution in [2.75, 3.05) is 27.2 Å². The van der Waals surface area contributed by atoms with Crippen LogP contribution < -0.4 is 9.47 Å². The number of likely N-dealkylation sites (tertiary alicyclic amines) is 1. The highest BCUT2D eigenvalue weighted by Gasteiger charge is 2.25. The second-order valence-corrected chi connectivity index (χ2v) is 6.93. The number of carbonyl (C=O) groups excluding carboxylic acids is 1. The summed E-state index contributed by atoms with van der Waals surface area (Å²) in [5.74, 6) is 0.0780. The van der Waals surface area contributed by atoms with Crippen LogP contribution in [-0.2, 0) is 4.79 Å². The maximum Gasteiger partial charge on any atom is 0.387 e. The Balaban J connectivity index is 1.97. The van der Waals surface area contributed by atoms with Crippen LogP contribution in [0.2, 0.25) is 0 Å². The van der Waals surface area contributed by atoms with E-state index in [1.54, 1.807) is 23.1 Å². The molecule has 150 valence electrons. The van der Waals surface area contributed by atoms with Gasteiger partial charge in [-0.15, -0.1) is 0 Å². The summed E-state index contributed by atoms with van der Waals surface area (Å²) in [5, 5.41) is 0. The van der Waals surface area contributed by atoms with Crippen LogP contribution in [0.4, 0.5) is 8.78 Å². The quantitative estimate of drug-likeness (QED) is 0.675. The topological polar surface area (TPSA) is 42.0 Å². The summed E-state index contributed by atoms with van der Waals surface area (Å²) in [7, 11) is 3.20. The number of hydrogen-bond donors (Lipinski definition) is 0. The first-order chi connectivity index (χ1) is 12.8. The minimum Gasteiger partial charge on any atom is -0.493 e. The van der Waals surface area contributed by atoms with Gasteiger partial charge >= 0.3 is 6.61 Å². The van der Waals surface area contributed by atoms with E-state index in [4.69, 9.17) is 4.74 Å². The monoisotopic (exact) mass is 382 g/mol. The van der Waals surface area contributed by atoms with Gasteiger partial charge in [0.25, 0.3) is 0 Å². The first-order valence-corrected chi connectivity index (χ1v) is 9.13. The van der Waals surface area contributed by atoms with E-state index in [0.29, 0.717) is 11.6 Å². The lowest BCUT2D eigenvalue weighted by Gasteiger charge is -2.38. The molecular weight excluding hydrogens is 354 g/mol. The molecule has 1 aliphatic heterocycles. The molecule has 0 atom stereocenters. The zero-order chi connectivity index (χ0) is 20.0. The van der Waals surface area contributed by atoms with Crippen LogP contribution in [0.5, 0.6) is 11.5 Å². The summed E-state index contributed by atoms with van der Waals surface area (Å²) in [6.45, 7) is 3.43. The number of rotatable bonds is 7. The molecule has 1 saturated heterocycles. The average Bonchev–Trinajstić information content (AvgIpc) is 2.65. The second-order valence-electron chi connectivity index (χ2n) is 6.93. The highest BCUT2D eigenvalue weighted by atomic mass is 19.3. The number of alkyl halides is 2. The number of methoxy groups -OCH3 is 1. The fourth-order valence-corrected chi connectivity index (χ4v) is 3.24. The number of halogens is 2. The molecule has 7 heteroatoms. The zero-order valence-electron chi connectivity index (χ0n) is 16.3. The van der Waals surface area contributed by atoms with Gasteiger partial charge in [-0.1, -0.05) is 6.07 Å². The molecule has 2 rings (SSSR count). The summed E-state index contributed by atoms with van der Waals surface area (Å²) in [5.41, 5.74) is 0.671. The summed E-state index contributed by atoms with van der Waals surface area (Å²) >= 11 is 0. The Labute approximate surface area is 159 Å². The average molecular weight is 382 g/mol. The third-order valence-corrected chi connectivity index (χ3v) is 4.95. The van der Waals surface area contributed by atoms with Crippen molar-refractivity contribution in [1.82, 2.24) is 9.80 Å². The Hall–Kier alpha value is -2.15. The number of hydrogen-bond acceptors (Lipinski definition) is 4. The first kappa shape index (κ1) is 21.2. The fraction of sp³-hybridized carbons (Fsp3) is 0.550. The molecule has 0 unspecified atom stereocenters. The van der Waals surface area contributed by atoms with Crippen LogP contribution >= 0.6 is 0 Å². The van der Waals surface area contributed by atoms with Crippen LogP contribution in [0.15, 0.2) is 24.3 Å². The molecule has 0 N–H and O–H groups in total. The van der Waals surface area contributed by atoms with E-state index < -0.39 is 6.61 Å². The fourth-order valence-electron chi connectivity index (χ4n) is 3.24. The van der Waals surface area contributed by atoms with Crippen LogP contribution in [0.1, 0.15) is 32.3 Å². The molecule has 5 nitrogen and oxygen atoms in total. The highest BCUT2D eigenvalue weighted by molar-refractivity contribution is 5.91. The van der Waals surface area contributed by atoms with Crippen LogP contribution in [-0.4, -0.2) is 61.6 Å². The third kappa shape index (κ3) is 5.92. The van der Waals surface area contributed by atoms with Gasteiger partial charge < -0.3 is 19.3 Å². The van der Waals surface area contributed by atoms with Crippen molar-refractivity contribution in [1.29, 1.82) is 0 Å². The highest BCUT2D eigenvalue weighted by Crippen LogP contribution is 2.30. The number of ether oxygens (including phenoxy) is 2. The predicted octanol–water partition coefficient (Wildman–Crippen LogP) is 3.64. The Kier molecular flexibility index (Phi) is 7.59. The molecule has 0 saturated carbocycles. The molecule has 0 radical (unpaired) electrons. The van der Waals surface area contributed by atoms with Crippen molar-refractivity contribution >= 4 is 12.0 Å². The number of likely N-dealkylation sites (N-methyl/N-ethyl adjacent to an activating group) is 1. The number of piperidine rings is 1. The van der Waals surface area contributed by atoms with Gasteiger partial charge in [-0.3, -0.25) is 4.79 Å². The van der Waals surface area contributed by atoms with Crippen molar-refractivity contribution in [3.63, 3.8) is 0 Å². The molecule has 27 heavy (non-hydrogen) atoms. The Bertz CT molecular complexity index is 657. The molecule has 1 amide bonds. The molecule has 0 aliphatic carbocycles. The normalized spacial score (nSPS) is 16.3. The van der Waals surface area contributed by atoms with E-state index in [1.165, 1.54) is 19.3 Å². The van der Waals surface area contributed by atoms with Gasteiger partial charge in [0.05, 0.1) is 7.11 Å². The van der Waals surface area contributed by atoms with Gasteiger partial charge in [0, 0.05) is 38.3 Å². The Morgan fingerprint density at radius 2 is 1.93 bits per heavy atom. The van der Waals surface area contributed by atoms with Crippen LogP contribution in [0.25, 0.3) is 6.08 Å².